The summed E-state index contributed by atoms with van der Waals surface area (Å²) in [5.74, 6) is -3.68. The van der Waals surface area contributed by atoms with Gasteiger partial charge < -0.3 is 19.3 Å². The van der Waals surface area contributed by atoms with E-state index in [0.29, 0.717) is 0 Å². The second kappa shape index (κ2) is 8.49. The maximum atomic E-state index is 12.9. The van der Waals surface area contributed by atoms with Crippen molar-refractivity contribution >= 4 is 23.7 Å². The largest absolute Gasteiger partial charge is 0.458 e. The molecule has 1 aliphatic carbocycles. The van der Waals surface area contributed by atoms with Crippen LogP contribution >= 0.6 is 0 Å². The number of rotatable bonds is 3. The number of ether oxygens (including phenoxy) is 3. The molecule has 0 unspecified atom stereocenters. The van der Waals surface area contributed by atoms with Crippen molar-refractivity contribution in [2.75, 3.05) is 0 Å². The molecule has 1 aliphatic heterocycles. The van der Waals surface area contributed by atoms with Gasteiger partial charge in [0.05, 0.1) is 12.0 Å². The van der Waals surface area contributed by atoms with E-state index < -0.39 is 59.4 Å². The normalized spacial score (nSPS) is 35.3. The standard InChI is InChI=1S/C21H28O8/c1-10(2)19(25)28-16-9-21(6,29-13(5)22)17(24)8-14(23)11(3)7-15-18(16)12(4)20(26)27-15/h11,14-16,18,23H,1,4,7-9H2,2-3,5-6H3/t11-,14-,15+,16-,18-,21+/m0/s1. The summed E-state index contributed by atoms with van der Waals surface area (Å²) in [7, 11) is 0. The number of carbonyl (C=O) groups is 4. The van der Waals surface area contributed by atoms with Crippen LogP contribution in [0.1, 0.15) is 47.0 Å². The summed E-state index contributed by atoms with van der Waals surface area (Å²) in [6, 6.07) is 0. The molecule has 1 heterocycles. The zero-order valence-corrected chi connectivity index (χ0v) is 17.2. The van der Waals surface area contributed by atoms with Crippen LogP contribution in [0.2, 0.25) is 0 Å². The number of aliphatic hydroxyl groups excluding tert-OH is 1. The fourth-order valence-corrected chi connectivity index (χ4v) is 3.83. The molecule has 0 radical (unpaired) electrons. The first-order chi connectivity index (χ1) is 13.4. The number of ketones is 1. The Kier molecular flexibility index (Phi) is 6.67. The number of Topliss-reactive ketones (excluding diaryl/α,β-unsaturated/α-hetero) is 1. The summed E-state index contributed by atoms with van der Waals surface area (Å²) >= 11 is 0. The van der Waals surface area contributed by atoms with Crippen molar-refractivity contribution < 1.29 is 38.5 Å². The quantitative estimate of drug-likeness (QED) is 0.426. The molecule has 0 spiro atoms. The zero-order chi connectivity index (χ0) is 22.1. The van der Waals surface area contributed by atoms with Crippen molar-refractivity contribution in [2.24, 2.45) is 11.8 Å². The molecule has 1 N–H and O–H groups in total. The Morgan fingerprint density at radius 1 is 1.28 bits per heavy atom. The predicted molar refractivity (Wildman–Crippen MR) is 101 cm³/mol. The van der Waals surface area contributed by atoms with E-state index in [2.05, 4.69) is 13.2 Å². The summed E-state index contributed by atoms with van der Waals surface area (Å²) < 4.78 is 16.3. The minimum atomic E-state index is -1.67. The molecule has 2 fully saturated rings. The SMILES string of the molecule is C=C(C)C(=O)O[C@H]1C[C@@](C)(OC(C)=O)C(=O)C[C@H](O)[C@@H](C)C[C@H]2OC(=O)C(=C)[C@H]12. The minimum Gasteiger partial charge on any atom is -0.458 e. The predicted octanol–water partition coefficient (Wildman–Crippen LogP) is 1.64. The van der Waals surface area contributed by atoms with Gasteiger partial charge in [-0.1, -0.05) is 20.1 Å². The average molecular weight is 408 g/mol. The molecule has 1 saturated heterocycles. The highest BCUT2D eigenvalue weighted by molar-refractivity contribution is 5.92. The van der Waals surface area contributed by atoms with Gasteiger partial charge >= 0.3 is 17.9 Å². The Labute approximate surface area is 169 Å². The summed E-state index contributed by atoms with van der Waals surface area (Å²) in [6.07, 6.45) is -2.92. The highest BCUT2D eigenvalue weighted by Crippen LogP contribution is 2.40. The van der Waals surface area contributed by atoms with Gasteiger partial charge in [0.25, 0.3) is 0 Å². The third kappa shape index (κ3) is 4.93. The van der Waals surface area contributed by atoms with Crippen molar-refractivity contribution in [1.82, 2.24) is 0 Å². The van der Waals surface area contributed by atoms with E-state index in [1.807, 2.05) is 0 Å². The molecule has 2 aliphatic rings. The van der Waals surface area contributed by atoms with Gasteiger partial charge in [0.1, 0.15) is 12.2 Å². The molecule has 8 nitrogen and oxygen atoms in total. The molecule has 0 aromatic carbocycles. The molecule has 0 aromatic rings. The third-order valence-corrected chi connectivity index (χ3v) is 5.54. The van der Waals surface area contributed by atoms with Gasteiger partial charge in [-0.25, -0.2) is 9.59 Å². The van der Waals surface area contributed by atoms with E-state index in [-0.39, 0.29) is 30.4 Å². The molecular weight excluding hydrogens is 380 g/mol. The lowest BCUT2D eigenvalue weighted by molar-refractivity contribution is -0.174. The zero-order valence-electron chi connectivity index (χ0n) is 17.2. The first-order valence-electron chi connectivity index (χ1n) is 9.53. The monoisotopic (exact) mass is 408 g/mol. The Hall–Kier alpha value is -2.48. The van der Waals surface area contributed by atoms with Gasteiger partial charge in [0.2, 0.25) is 0 Å². The first kappa shape index (κ1) is 22.8. The average Bonchev–Trinajstić information content (AvgIpc) is 2.86. The number of hydrogen-bond donors (Lipinski definition) is 1. The van der Waals surface area contributed by atoms with Crippen LogP contribution in [0, 0.1) is 11.8 Å². The van der Waals surface area contributed by atoms with Crippen LogP contribution in [0.25, 0.3) is 0 Å². The van der Waals surface area contributed by atoms with Gasteiger partial charge in [-0.3, -0.25) is 9.59 Å². The number of hydrogen-bond acceptors (Lipinski definition) is 8. The van der Waals surface area contributed by atoms with E-state index in [1.54, 1.807) is 6.92 Å². The molecule has 160 valence electrons. The van der Waals surface area contributed by atoms with Gasteiger partial charge in [-0.15, -0.1) is 0 Å². The van der Waals surface area contributed by atoms with E-state index in [0.717, 1.165) is 6.92 Å². The topological polar surface area (TPSA) is 116 Å². The van der Waals surface area contributed by atoms with Crippen molar-refractivity contribution in [2.45, 2.75) is 70.9 Å². The van der Waals surface area contributed by atoms with Gasteiger partial charge in [0.15, 0.2) is 11.4 Å². The Morgan fingerprint density at radius 2 is 1.90 bits per heavy atom. The Morgan fingerprint density at radius 3 is 2.45 bits per heavy atom. The van der Waals surface area contributed by atoms with E-state index in [9.17, 15) is 24.3 Å². The first-order valence-corrected chi connectivity index (χ1v) is 9.53. The van der Waals surface area contributed by atoms with Crippen molar-refractivity contribution in [3.63, 3.8) is 0 Å². The van der Waals surface area contributed by atoms with Crippen LogP contribution in [-0.2, 0) is 33.4 Å². The molecular formula is C21H28O8. The smallest absolute Gasteiger partial charge is 0.334 e. The molecule has 6 atom stereocenters. The van der Waals surface area contributed by atoms with Crippen LogP contribution in [0.4, 0.5) is 0 Å². The highest BCUT2D eigenvalue weighted by atomic mass is 16.6. The van der Waals surface area contributed by atoms with Crippen LogP contribution in [0.3, 0.4) is 0 Å². The molecule has 0 amide bonds. The van der Waals surface area contributed by atoms with Crippen LogP contribution in [0.5, 0.6) is 0 Å². The lowest BCUT2D eigenvalue weighted by Gasteiger charge is -2.37. The van der Waals surface area contributed by atoms with Crippen molar-refractivity contribution in [1.29, 1.82) is 0 Å². The van der Waals surface area contributed by atoms with Crippen molar-refractivity contribution in [3.05, 3.63) is 24.3 Å². The molecule has 1 saturated carbocycles. The number of fused-ring (bicyclic) bond motifs is 1. The van der Waals surface area contributed by atoms with E-state index in [1.165, 1.54) is 13.8 Å². The third-order valence-electron chi connectivity index (χ3n) is 5.54. The summed E-state index contributed by atoms with van der Waals surface area (Å²) in [5, 5.41) is 10.5. The molecule has 8 heteroatoms. The summed E-state index contributed by atoms with van der Waals surface area (Å²) in [6.45, 7) is 13.1. The van der Waals surface area contributed by atoms with Gasteiger partial charge in [0, 0.05) is 30.9 Å². The van der Waals surface area contributed by atoms with Crippen molar-refractivity contribution in [3.8, 4) is 0 Å². The highest BCUT2D eigenvalue weighted by Gasteiger charge is 2.51. The molecule has 0 bridgehead atoms. The van der Waals surface area contributed by atoms with E-state index >= 15 is 0 Å². The molecule has 0 aromatic heterocycles. The maximum Gasteiger partial charge on any atom is 0.334 e. The van der Waals surface area contributed by atoms with Gasteiger partial charge in [-0.05, 0) is 26.2 Å². The van der Waals surface area contributed by atoms with Crippen LogP contribution in [0.15, 0.2) is 24.3 Å². The number of esters is 3. The Bertz CT molecular complexity index is 754. The minimum absolute atomic E-state index is 0.106. The van der Waals surface area contributed by atoms with E-state index in [4.69, 9.17) is 14.2 Å². The molecule has 29 heavy (non-hydrogen) atoms. The Balaban J connectivity index is 2.54. The fourth-order valence-electron chi connectivity index (χ4n) is 3.83. The van der Waals surface area contributed by atoms with Crippen LogP contribution in [-0.4, -0.2) is 52.7 Å². The lowest BCUT2D eigenvalue weighted by Crippen LogP contribution is -2.49. The van der Waals surface area contributed by atoms with Gasteiger partial charge in [-0.2, -0.15) is 0 Å². The maximum absolute atomic E-state index is 12.9. The second-order valence-electron chi connectivity index (χ2n) is 8.16. The lowest BCUT2D eigenvalue weighted by atomic mass is 9.76. The molecule has 2 rings (SSSR count). The fraction of sp³-hybridized carbons (Fsp3) is 0.619. The number of aliphatic hydroxyl groups is 1. The summed E-state index contributed by atoms with van der Waals surface area (Å²) in [4.78, 5) is 49.1. The number of carbonyl (C=O) groups excluding carboxylic acids is 4. The van der Waals surface area contributed by atoms with Crippen LogP contribution < -0.4 is 0 Å². The summed E-state index contributed by atoms with van der Waals surface area (Å²) in [5.41, 5.74) is -1.42. The second-order valence-corrected chi connectivity index (χ2v) is 8.16.